The van der Waals surface area contributed by atoms with Gasteiger partial charge in [0.1, 0.15) is 33.5 Å². The van der Waals surface area contributed by atoms with Crippen LogP contribution in [-0.4, -0.2) is 27.4 Å². The molecule has 0 amide bonds. The van der Waals surface area contributed by atoms with Crippen LogP contribution >= 0.6 is 0 Å². The molecule has 33 aromatic rings. The maximum Gasteiger partial charge on any atom is 0.145 e. The average Bonchev–Trinajstić information content (AvgIpc) is 1.55. The standard InChI is InChI=1S/C48H28N2O.C48H30N2O.C40H24N2O/c1-2-12-29(13-3-1)49-43-25-24-38-37-19-9-11-21-46(37)51-48(38)47(43)41-27-40-36-18-8-10-20-42(36)50(44(40)28-45(41)49)30-22-23-35-33-16-5-4-14-31(33)32-15-6-7-17-34(32)39(35)26-30;1-4-14-31(15-5-1)33-26-34(32-16-6-2-7-17-32)28-36(27-33)50-43-25-24-39-38-21-11-13-23-46(38)51-48(39)47(43)41-29-40-37-20-10-12-22-42(37)49(44(40)30-45(41)50)35-18-8-3-9-19-35;1-2-12-27(13-3-1)41-34-16-8-6-14-29(34)32-23-33-37(24-36(32)41)42(28-19-18-25-10-4-5-11-26(25)22-28)35-21-20-31-30-15-7-9-17-38(30)43-40(31)39(33)35/h1-28H;1-30H;1-24H. The summed E-state index contributed by atoms with van der Waals surface area (Å²) in [4.78, 5) is 0. The Kier molecular flexibility index (Phi) is 17.5. The van der Waals surface area contributed by atoms with Crippen molar-refractivity contribution >= 4 is 240 Å². The van der Waals surface area contributed by atoms with Crippen molar-refractivity contribution in [3.63, 3.8) is 0 Å². The van der Waals surface area contributed by atoms with Crippen LogP contribution in [0.5, 0.6) is 0 Å². The number of fused-ring (bicyclic) bond motifs is 37. The fraction of sp³-hybridized carbons (Fsp3) is 0. The molecule has 0 unspecified atom stereocenters. The minimum absolute atomic E-state index is 0.903. The molecule has 145 heavy (non-hydrogen) atoms. The SMILES string of the molecule is c1ccc(-c2cc(-c3ccccc3)cc(-n3c4cc5c(cc4c4c6oc7ccccc7c6ccc43)c3ccccc3n5-c3ccccc3)c2)cc1.c1ccc(-n2c3cc4c(cc3c3c5oc6ccccc6c5ccc32)c2ccccc2n4-c2ccc3c4ccccc4c4ccccc4c3c2)cc1.c1ccc(-n2c3ccccc3c3cc4c5c6oc7ccccc7c6ccc5n(-c5ccc6ccccc6c5)c4cc32)cc1. The lowest BCUT2D eigenvalue weighted by molar-refractivity contribution is 0.672. The Balaban J connectivity index is 0.0000000994. The molecular formula is C136H82N6O3. The third-order valence-corrected chi connectivity index (χ3v) is 30.6. The van der Waals surface area contributed by atoms with E-state index in [9.17, 15) is 0 Å². The molecule has 0 atom stereocenters. The molecule has 9 aromatic heterocycles. The number of hydrogen-bond donors (Lipinski definition) is 0. The maximum atomic E-state index is 6.76. The van der Waals surface area contributed by atoms with E-state index in [1.54, 1.807) is 0 Å². The topological polar surface area (TPSA) is 69.0 Å². The summed E-state index contributed by atoms with van der Waals surface area (Å²) in [5, 5.41) is 31.3. The van der Waals surface area contributed by atoms with Gasteiger partial charge in [-0.05, 0) is 253 Å². The Bertz CT molecular complexity index is 11200. The van der Waals surface area contributed by atoms with Gasteiger partial charge in [0.2, 0.25) is 0 Å². The second-order valence-corrected chi connectivity index (χ2v) is 38.4. The highest BCUT2D eigenvalue weighted by Crippen LogP contribution is 2.51. The smallest absolute Gasteiger partial charge is 0.145 e. The Morgan fingerprint density at radius 1 is 0.117 bits per heavy atom. The van der Waals surface area contributed by atoms with Crippen molar-refractivity contribution in [2.75, 3.05) is 0 Å². The molecule has 9 heteroatoms. The predicted octanol–water partition coefficient (Wildman–Crippen LogP) is 37.3. The lowest BCUT2D eigenvalue weighted by atomic mass is 9.94. The minimum atomic E-state index is 0.903. The number of benzene rings is 24. The number of nitrogens with zero attached hydrogens (tertiary/aromatic N) is 6. The van der Waals surface area contributed by atoms with Crippen LogP contribution in [-0.2, 0) is 0 Å². The molecule has 0 radical (unpaired) electrons. The lowest BCUT2D eigenvalue weighted by Gasteiger charge is -2.14. The van der Waals surface area contributed by atoms with E-state index in [1.807, 2.05) is 18.2 Å². The molecular weight excluding hydrogens is 1770 g/mol. The first kappa shape index (κ1) is 80.5. The first-order valence-corrected chi connectivity index (χ1v) is 49.7. The molecule has 9 heterocycles. The first-order valence-electron chi connectivity index (χ1n) is 49.7. The van der Waals surface area contributed by atoms with Crippen LogP contribution < -0.4 is 0 Å². The summed E-state index contributed by atoms with van der Waals surface area (Å²) >= 11 is 0. The third-order valence-electron chi connectivity index (χ3n) is 30.6. The Labute approximate surface area is 828 Å². The van der Waals surface area contributed by atoms with Gasteiger partial charge in [0.25, 0.3) is 0 Å². The third kappa shape index (κ3) is 12.1. The van der Waals surface area contributed by atoms with Crippen LogP contribution in [0, 0.1) is 0 Å². The fourth-order valence-corrected chi connectivity index (χ4v) is 24.3. The van der Waals surface area contributed by atoms with Gasteiger partial charge in [0, 0.05) is 115 Å². The number of rotatable bonds is 8. The van der Waals surface area contributed by atoms with Crippen LogP contribution in [0.4, 0.5) is 0 Å². The first-order chi connectivity index (χ1) is 71.9. The second-order valence-electron chi connectivity index (χ2n) is 38.4. The van der Waals surface area contributed by atoms with E-state index in [0.29, 0.717) is 0 Å². The number of aromatic nitrogens is 6. The monoisotopic (exact) mass is 1850 g/mol. The maximum absolute atomic E-state index is 6.76. The van der Waals surface area contributed by atoms with E-state index in [4.69, 9.17) is 13.3 Å². The summed E-state index contributed by atoms with van der Waals surface area (Å²) in [7, 11) is 0. The summed E-state index contributed by atoms with van der Waals surface area (Å²) in [6.45, 7) is 0. The number of hydrogen-bond acceptors (Lipinski definition) is 3. The second kappa shape index (κ2) is 31.5. The molecule has 0 aliphatic carbocycles. The highest BCUT2D eigenvalue weighted by Gasteiger charge is 2.29. The molecule has 0 fully saturated rings. The zero-order valence-electron chi connectivity index (χ0n) is 78.3. The molecule has 33 rings (SSSR count). The molecule has 0 aliphatic heterocycles. The highest BCUT2D eigenvalue weighted by atomic mass is 16.3. The molecule has 0 saturated heterocycles. The zero-order chi connectivity index (χ0) is 94.7. The molecule has 24 aromatic carbocycles. The summed E-state index contributed by atoms with van der Waals surface area (Å²) < 4.78 is 34.6. The van der Waals surface area contributed by atoms with Crippen molar-refractivity contribution in [1.29, 1.82) is 0 Å². The zero-order valence-corrected chi connectivity index (χ0v) is 78.3. The van der Waals surface area contributed by atoms with Gasteiger partial charge in [0.05, 0.1) is 82.4 Å². The fourth-order valence-electron chi connectivity index (χ4n) is 24.3. The van der Waals surface area contributed by atoms with Crippen molar-refractivity contribution in [1.82, 2.24) is 27.4 Å². The van der Waals surface area contributed by atoms with Crippen LogP contribution in [0.1, 0.15) is 0 Å². The van der Waals surface area contributed by atoms with Gasteiger partial charge >= 0.3 is 0 Å². The van der Waals surface area contributed by atoms with E-state index >= 15 is 0 Å². The van der Waals surface area contributed by atoms with Crippen molar-refractivity contribution in [3.05, 3.63) is 497 Å². The quantitative estimate of drug-likeness (QED) is 0.142. The number of furan rings is 3. The van der Waals surface area contributed by atoms with Crippen LogP contribution in [0.25, 0.3) is 296 Å². The van der Waals surface area contributed by atoms with Crippen LogP contribution in [0.3, 0.4) is 0 Å². The lowest BCUT2D eigenvalue weighted by Crippen LogP contribution is -1.97. The van der Waals surface area contributed by atoms with Crippen molar-refractivity contribution < 1.29 is 13.3 Å². The Morgan fingerprint density at radius 2 is 0.393 bits per heavy atom. The summed E-state index contributed by atoms with van der Waals surface area (Å²) in [6.07, 6.45) is 0. The summed E-state index contributed by atoms with van der Waals surface area (Å²) in [5.41, 5.74) is 31.0. The van der Waals surface area contributed by atoms with Crippen LogP contribution in [0.2, 0.25) is 0 Å². The van der Waals surface area contributed by atoms with E-state index in [2.05, 4.69) is 507 Å². The van der Waals surface area contributed by atoms with E-state index in [-0.39, 0.29) is 0 Å². The predicted molar refractivity (Wildman–Crippen MR) is 608 cm³/mol. The molecule has 9 nitrogen and oxygen atoms in total. The van der Waals surface area contributed by atoms with Gasteiger partial charge in [-0.1, -0.05) is 309 Å². The Hall–Kier alpha value is -19.5. The van der Waals surface area contributed by atoms with E-state index < -0.39 is 0 Å². The summed E-state index contributed by atoms with van der Waals surface area (Å²) in [6, 6.07) is 180. The van der Waals surface area contributed by atoms with Crippen molar-refractivity contribution in [3.8, 4) is 56.4 Å². The molecule has 0 spiro atoms. The van der Waals surface area contributed by atoms with Crippen molar-refractivity contribution in [2.45, 2.75) is 0 Å². The van der Waals surface area contributed by atoms with E-state index in [0.717, 1.165) is 149 Å². The molecule has 0 bridgehead atoms. The van der Waals surface area contributed by atoms with E-state index in [1.165, 1.54) is 147 Å². The molecule has 0 N–H and O–H groups in total. The molecule has 0 saturated carbocycles. The normalized spacial score (nSPS) is 12.1. The largest absolute Gasteiger partial charge is 0.455 e. The van der Waals surface area contributed by atoms with Gasteiger partial charge < -0.3 is 40.7 Å². The van der Waals surface area contributed by atoms with Crippen LogP contribution in [0.15, 0.2) is 511 Å². The van der Waals surface area contributed by atoms with Gasteiger partial charge in [-0.25, -0.2) is 0 Å². The molecule has 0 aliphatic rings. The van der Waals surface area contributed by atoms with Crippen molar-refractivity contribution in [2.24, 2.45) is 0 Å². The highest BCUT2D eigenvalue weighted by molar-refractivity contribution is 6.32. The molecule has 674 valence electrons. The number of para-hydroxylation sites is 9. The van der Waals surface area contributed by atoms with Gasteiger partial charge in [0.15, 0.2) is 0 Å². The summed E-state index contributed by atoms with van der Waals surface area (Å²) in [5.74, 6) is 0. The van der Waals surface area contributed by atoms with Gasteiger partial charge in [-0.3, -0.25) is 0 Å². The minimum Gasteiger partial charge on any atom is -0.455 e. The van der Waals surface area contributed by atoms with Gasteiger partial charge in [-0.2, -0.15) is 0 Å². The Morgan fingerprint density at radius 3 is 0.793 bits per heavy atom. The average molecular weight is 1850 g/mol. The van der Waals surface area contributed by atoms with Gasteiger partial charge in [-0.15, -0.1) is 0 Å².